The van der Waals surface area contributed by atoms with Gasteiger partial charge in [-0.2, -0.15) is 4.98 Å². The Morgan fingerprint density at radius 1 is 1.26 bits per heavy atom. The molecule has 0 saturated heterocycles. The van der Waals surface area contributed by atoms with Crippen LogP contribution in [0.15, 0.2) is 36.5 Å². The average Bonchev–Trinajstić information content (AvgIpc) is 3.21. The van der Waals surface area contributed by atoms with Gasteiger partial charge in [-0.05, 0) is 12.0 Å². The summed E-state index contributed by atoms with van der Waals surface area (Å²) in [4.78, 5) is 7.92. The molecule has 0 aliphatic heterocycles. The molecule has 5 heteroatoms. The maximum atomic E-state index is 13.6. The molecule has 1 aliphatic rings. The van der Waals surface area contributed by atoms with Gasteiger partial charge >= 0.3 is 0 Å². The summed E-state index contributed by atoms with van der Waals surface area (Å²) in [6.45, 7) is 0. The van der Waals surface area contributed by atoms with E-state index in [9.17, 15) is 4.39 Å². The lowest BCUT2D eigenvalue weighted by Crippen LogP contribution is -2.09. The van der Waals surface area contributed by atoms with Crippen molar-refractivity contribution in [1.29, 1.82) is 0 Å². The predicted molar refractivity (Wildman–Crippen MR) is 72.7 cm³/mol. The summed E-state index contributed by atoms with van der Waals surface area (Å²) in [5.74, 6) is 0.704. The minimum Gasteiger partial charge on any atom is -0.364 e. The van der Waals surface area contributed by atoms with Gasteiger partial charge in [-0.25, -0.2) is 9.37 Å². The average molecular weight is 258 g/mol. The van der Waals surface area contributed by atoms with Crippen LogP contribution in [0.1, 0.15) is 17.9 Å². The zero-order chi connectivity index (χ0) is 13.2. The Morgan fingerprint density at radius 3 is 2.79 bits per heavy atom. The van der Waals surface area contributed by atoms with E-state index in [1.54, 1.807) is 7.05 Å². The molecule has 0 bridgehead atoms. The summed E-state index contributed by atoms with van der Waals surface area (Å²) in [6, 6.07) is 10.5. The van der Waals surface area contributed by atoms with Crippen molar-refractivity contribution in [1.82, 2.24) is 9.97 Å². The molecule has 1 saturated carbocycles. The topological polar surface area (TPSA) is 49.8 Å². The molecule has 1 fully saturated rings. The quantitative estimate of drug-likeness (QED) is 0.885. The number of hydrogen-bond acceptors (Lipinski definition) is 4. The van der Waals surface area contributed by atoms with Crippen molar-refractivity contribution in [2.75, 3.05) is 17.7 Å². The van der Waals surface area contributed by atoms with Crippen LogP contribution in [-0.2, 0) is 0 Å². The van der Waals surface area contributed by atoms with Crippen LogP contribution in [0, 0.1) is 5.82 Å². The van der Waals surface area contributed by atoms with Crippen LogP contribution in [0.25, 0.3) is 0 Å². The molecule has 2 atom stereocenters. The highest BCUT2D eigenvalue weighted by Gasteiger charge is 2.38. The monoisotopic (exact) mass is 258 g/mol. The summed E-state index contributed by atoms with van der Waals surface area (Å²) < 4.78 is 13.6. The van der Waals surface area contributed by atoms with Gasteiger partial charge in [-0.15, -0.1) is 0 Å². The third-order valence-electron chi connectivity index (χ3n) is 3.31. The molecule has 19 heavy (non-hydrogen) atoms. The Morgan fingerprint density at radius 2 is 2.05 bits per heavy atom. The molecular weight excluding hydrogens is 243 g/mol. The maximum Gasteiger partial charge on any atom is 0.224 e. The number of rotatable bonds is 4. The van der Waals surface area contributed by atoms with E-state index < -0.39 is 5.82 Å². The molecule has 1 aromatic heterocycles. The van der Waals surface area contributed by atoms with Crippen molar-refractivity contribution in [2.45, 2.75) is 18.4 Å². The number of anilines is 2. The van der Waals surface area contributed by atoms with Crippen molar-refractivity contribution >= 4 is 11.8 Å². The van der Waals surface area contributed by atoms with Gasteiger partial charge in [0.1, 0.15) is 0 Å². The van der Waals surface area contributed by atoms with Crippen molar-refractivity contribution < 1.29 is 4.39 Å². The summed E-state index contributed by atoms with van der Waals surface area (Å²) in [7, 11) is 1.71. The van der Waals surface area contributed by atoms with Crippen molar-refractivity contribution in [3.05, 3.63) is 47.9 Å². The lowest BCUT2D eigenvalue weighted by atomic mass is 10.1. The molecule has 1 heterocycles. The number of nitrogens with zero attached hydrogens (tertiary/aromatic N) is 2. The maximum absolute atomic E-state index is 13.6. The van der Waals surface area contributed by atoms with Crippen LogP contribution in [0.5, 0.6) is 0 Å². The molecule has 3 rings (SSSR count). The summed E-state index contributed by atoms with van der Waals surface area (Å²) in [5, 5.41) is 5.94. The van der Waals surface area contributed by atoms with E-state index in [2.05, 4.69) is 32.7 Å². The van der Waals surface area contributed by atoms with E-state index in [1.165, 1.54) is 11.8 Å². The van der Waals surface area contributed by atoms with E-state index in [-0.39, 0.29) is 11.9 Å². The van der Waals surface area contributed by atoms with Gasteiger partial charge in [0.15, 0.2) is 11.6 Å². The summed E-state index contributed by atoms with van der Waals surface area (Å²) in [5.41, 5.74) is 1.28. The van der Waals surface area contributed by atoms with E-state index >= 15 is 0 Å². The van der Waals surface area contributed by atoms with E-state index in [0.717, 1.165) is 6.42 Å². The highest BCUT2D eigenvalue weighted by Crippen LogP contribution is 2.42. The van der Waals surface area contributed by atoms with Gasteiger partial charge in [0.05, 0.1) is 6.20 Å². The van der Waals surface area contributed by atoms with Crippen molar-refractivity contribution in [2.24, 2.45) is 0 Å². The Balaban J connectivity index is 1.71. The zero-order valence-electron chi connectivity index (χ0n) is 10.6. The predicted octanol–water partition coefficient (Wildman–Crippen LogP) is 2.63. The Labute approximate surface area is 111 Å². The van der Waals surface area contributed by atoms with E-state index in [4.69, 9.17) is 0 Å². The Kier molecular flexibility index (Phi) is 3.03. The molecule has 1 aliphatic carbocycles. The fraction of sp³-hybridized carbons (Fsp3) is 0.286. The van der Waals surface area contributed by atoms with E-state index in [1.807, 2.05) is 18.2 Å². The molecule has 98 valence electrons. The van der Waals surface area contributed by atoms with Gasteiger partial charge < -0.3 is 10.6 Å². The van der Waals surface area contributed by atoms with Crippen LogP contribution in [-0.4, -0.2) is 23.1 Å². The minimum atomic E-state index is -0.419. The number of halogens is 1. The molecule has 0 amide bonds. The van der Waals surface area contributed by atoms with Gasteiger partial charge in [-0.1, -0.05) is 30.3 Å². The Hall–Kier alpha value is -2.17. The largest absolute Gasteiger partial charge is 0.364 e. The highest BCUT2D eigenvalue weighted by atomic mass is 19.1. The lowest BCUT2D eigenvalue weighted by molar-refractivity contribution is 0.617. The molecule has 2 N–H and O–H groups in total. The van der Waals surface area contributed by atoms with Crippen LogP contribution < -0.4 is 10.6 Å². The summed E-state index contributed by atoms with van der Waals surface area (Å²) in [6.07, 6.45) is 2.18. The number of aromatic nitrogens is 2. The van der Waals surface area contributed by atoms with Crippen LogP contribution in [0.4, 0.5) is 16.2 Å². The molecule has 2 unspecified atom stereocenters. The summed E-state index contributed by atoms with van der Waals surface area (Å²) >= 11 is 0. The third-order valence-corrected chi connectivity index (χ3v) is 3.31. The molecule has 4 nitrogen and oxygen atoms in total. The smallest absolute Gasteiger partial charge is 0.224 e. The van der Waals surface area contributed by atoms with E-state index in [0.29, 0.717) is 11.9 Å². The van der Waals surface area contributed by atoms with Gasteiger partial charge in [0.2, 0.25) is 5.95 Å². The molecule has 2 aromatic rings. The first-order chi connectivity index (χ1) is 9.28. The zero-order valence-corrected chi connectivity index (χ0v) is 10.6. The van der Waals surface area contributed by atoms with Gasteiger partial charge in [0, 0.05) is 19.0 Å². The fourth-order valence-corrected chi connectivity index (χ4v) is 2.19. The first-order valence-electron chi connectivity index (χ1n) is 6.29. The number of hydrogen-bond donors (Lipinski definition) is 2. The number of benzene rings is 1. The second-order valence-electron chi connectivity index (χ2n) is 4.64. The van der Waals surface area contributed by atoms with Crippen LogP contribution in [0.2, 0.25) is 0 Å². The molecule has 0 spiro atoms. The molecule has 1 aromatic carbocycles. The SMILES string of the molecule is CNc1ncc(F)c(NC2CC2c2ccccc2)n1. The minimum absolute atomic E-state index is 0.247. The van der Waals surface area contributed by atoms with Crippen LogP contribution >= 0.6 is 0 Å². The first kappa shape index (κ1) is 11.9. The lowest BCUT2D eigenvalue weighted by Gasteiger charge is -2.07. The third kappa shape index (κ3) is 2.50. The van der Waals surface area contributed by atoms with Gasteiger partial charge in [-0.3, -0.25) is 0 Å². The van der Waals surface area contributed by atoms with Crippen molar-refractivity contribution in [3.8, 4) is 0 Å². The fourth-order valence-electron chi connectivity index (χ4n) is 2.19. The molecule has 0 radical (unpaired) electrons. The normalized spacial score (nSPS) is 20.9. The van der Waals surface area contributed by atoms with Crippen LogP contribution in [0.3, 0.4) is 0 Å². The van der Waals surface area contributed by atoms with Gasteiger partial charge in [0.25, 0.3) is 0 Å². The standard InChI is InChI=1S/C14H15FN4/c1-16-14-17-8-11(15)13(19-14)18-12-7-10(12)9-5-3-2-4-6-9/h2-6,8,10,12H,7H2,1H3,(H2,16,17,18,19). The number of nitrogens with one attached hydrogen (secondary N) is 2. The first-order valence-corrected chi connectivity index (χ1v) is 6.29. The second kappa shape index (κ2) is 4.84. The Bertz CT molecular complexity index is 573. The highest BCUT2D eigenvalue weighted by molar-refractivity contribution is 5.45. The second-order valence-corrected chi connectivity index (χ2v) is 4.64. The van der Waals surface area contributed by atoms with Crippen molar-refractivity contribution in [3.63, 3.8) is 0 Å². The molecular formula is C14H15FN4.